The van der Waals surface area contributed by atoms with E-state index in [-0.39, 0.29) is 12.3 Å². The Morgan fingerprint density at radius 1 is 1.29 bits per heavy atom. The molecule has 2 rings (SSSR count). The zero-order valence-electron chi connectivity index (χ0n) is 12.4. The van der Waals surface area contributed by atoms with Crippen LogP contribution in [0.1, 0.15) is 5.69 Å². The largest absolute Gasteiger partial charge is 0.496 e. The highest BCUT2D eigenvalue weighted by Gasteiger charge is 2.11. The molecule has 2 N–H and O–H groups in total. The molecule has 114 valence electrons. The number of aromatic amines is 1. The predicted molar refractivity (Wildman–Crippen MR) is 79.4 cm³/mol. The van der Waals surface area contributed by atoms with Gasteiger partial charge >= 0.3 is 0 Å². The van der Waals surface area contributed by atoms with Gasteiger partial charge < -0.3 is 24.5 Å². The molecule has 6 nitrogen and oxygen atoms in total. The molecule has 0 aliphatic carbocycles. The Morgan fingerprint density at radius 2 is 2.05 bits per heavy atom. The summed E-state index contributed by atoms with van der Waals surface area (Å²) in [7, 11) is 4.69. The van der Waals surface area contributed by atoms with Gasteiger partial charge in [-0.2, -0.15) is 0 Å². The fourth-order valence-electron chi connectivity index (χ4n) is 2.15. The molecule has 0 spiro atoms. The molecule has 0 aliphatic rings. The summed E-state index contributed by atoms with van der Waals surface area (Å²) in [5.74, 6) is 0.689. The quantitative estimate of drug-likeness (QED) is 0.758. The molecule has 0 aliphatic heterocycles. The lowest BCUT2D eigenvalue weighted by atomic mass is 10.2. The summed E-state index contributed by atoms with van der Waals surface area (Å²) in [6, 6.07) is 7.67. The summed E-state index contributed by atoms with van der Waals surface area (Å²) in [5.41, 5.74) is 1.78. The van der Waals surface area contributed by atoms with Crippen LogP contribution in [0.25, 0.3) is 10.9 Å². The van der Waals surface area contributed by atoms with E-state index < -0.39 is 6.29 Å². The Hall–Kier alpha value is -2.05. The van der Waals surface area contributed by atoms with E-state index in [0.29, 0.717) is 6.54 Å². The number of carbonyl (C=O) groups is 1. The third-order valence-electron chi connectivity index (χ3n) is 3.24. The summed E-state index contributed by atoms with van der Waals surface area (Å²) < 4.78 is 15.3. The third kappa shape index (κ3) is 3.74. The molecule has 6 heteroatoms. The number of hydrogen-bond donors (Lipinski definition) is 2. The molecule has 21 heavy (non-hydrogen) atoms. The lowest BCUT2D eigenvalue weighted by molar-refractivity contribution is -0.126. The second-order valence-electron chi connectivity index (χ2n) is 4.60. The van der Waals surface area contributed by atoms with Gasteiger partial charge in [0, 0.05) is 30.8 Å². The average molecular weight is 292 g/mol. The van der Waals surface area contributed by atoms with Crippen molar-refractivity contribution in [2.45, 2.75) is 12.7 Å². The van der Waals surface area contributed by atoms with Gasteiger partial charge in [0.05, 0.1) is 20.1 Å². The third-order valence-corrected chi connectivity index (χ3v) is 3.24. The van der Waals surface area contributed by atoms with E-state index in [1.165, 1.54) is 14.2 Å². The van der Waals surface area contributed by atoms with E-state index in [4.69, 9.17) is 14.2 Å². The lowest BCUT2D eigenvalue weighted by Gasteiger charge is -2.13. The Kier molecular flexibility index (Phi) is 5.19. The summed E-state index contributed by atoms with van der Waals surface area (Å²) >= 11 is 0. The van der Waals surface area contributed by atoms with Gasteiger partial charge in [-0.3, -0.25) is 4.79 Å². The number of fused-ring (bicyclic) bond motifs is 1. The van der Waals surface area contributed by atoms with E-state index >= 15 is 0 Å². The number of nitrogens with one attached hydrogen (secondary N) is 2. The smallest absolute Gasteiger partial charge is 0.226 e. The first kappa shape index (κ1) is 15.3. The Bertz CT molecular complexity index is 605. The fraction of sp³-hybridized carbons (Fsp3) is 0.400. The highest BCUT2D eigenvalue weighted by molar-refractivity contribution is 5.88. The van der Waals surface area contributed by atoms with Crippen LogP contribution in [0.5, 0.6) is 5.75 Å². The molecule has 0 saturated heterocycles. The van der Waals surface area contributed by atoms with Crippen molar-refractivity contribution < 1.29 is 19.0 Å². The van der Waals surface area contributed by atoms with Gasteiger partial charge in [-0.25, -0.2) is 0 Å². The fourth-order valence-corrected chi connectivity index (χ4v) is 2.15. The summed E-state index contributed by atoms with van der Waals surface area (Å²) in [6.45, 7) is 0.315. The molecule has 0 unspecified atom stereocenters. The van der Waals surface area contributed by atoms with Crippen LogP contribution in [0, 0.1) is 0 Å². The number of benzene rings is 1. The molecule has 1 aromatic carbocycles. The van der Waals surface area contributed by atoms with Crippen LogP contribution in [0.2, 0.25) is 0 Å². The van der Waals surface area contributed by atoms with Gasteiger partial charge in [-0.1, -0.05) is 6.07 Å². The van der Waals surface area contributed by atoms with Crippen molar-refractivity contribution in [1.29, 1.82) is 0 Å². The minimum absolute atomic E-state index is 0.0976. The normalized spacial score (nSPS) is 11.0. The zero-order chi connectivity index (χ0) is 15.2. The molecule has 0 saturated carbocycles. The van der Waals surface area contributed by atoms with E-state index in [0.717, 1.165) is 22.3 Å². The molecule has 0 radical (unpaired) electrons. The van der Waals surface area contributed by atoms with Crippen LogP contribution in [0.4, 0.5) is 0 Å². The number of methoxy groups -OCH3 is 3. The number of ether oxygens (including phenoxy) is 3. The van der Waals surface area contributed by atoms with E-state index in [1.807, 2.05) is 24.3 Å². The molecule has 0 atom stereocenters. The van der Waals surface area contributed by atoms with Gasteiger partial charge in [0.25, 0.3) is 0 Å². The number of H-pyrrole nitrogens is 1. The van der Waals surface area contributed by atoms with Crippen molar-refractivity contribution in [2.24, 2.45) is 0 Å². The van der Waals surface area contributed by atoms with Crippen LogP contribution in [-0.4, -0.2) is 45.1 Å². The lowest BCUT2D eigenvalue weighted by Crippen LogP contribution is -2.35. The molecule has 1 amide bonds. The number of rotatable bonds is 7. The van der Waals surface area contributed by atoms with Crippen LogP contribution in [-0.2, 0) is 20.7 Å². The monoisotopic (exact) mass is 292 g/mol. The molecule has 1 heterocycles. The van der Waals surface area contributed by atoms with Crippen LogP contribution in [0.3, 0.4) is 0 Å². The van der Waals surface area contributed by atoms with Crippen LogP contribution in [0.15, 0.2) is 24.3 Å². The highest BCUT2D eigenvalue weighted by atomic mass is 16.7. The Balaban J connectivity index is 2.01. The molecule has 0 bridgehead atoms. The first-order valence-electron chi connectivity index (χ1n) is 6.64. The second-order valence-corrected chi connectivity index (χ2v) is 4.60. The molecular weight excluding hydrogens is 272 g/mol. The van der Waals surface area contributed by atoms with Gasteiger partial charge in [0.2, 0.25) is 5.91 Å². The van der Waals surface area contributed by atoms with Crippen LogP contribution >= 0.6 is 0 Å². The predicted octanol–water partition coefficient (Wildman–Crippen LogP) is 1.45. The summed E-state index contributed by atoms with van der Waals surface area (Å²) in [6.07, 6.45) is -0.172. The standard InChI is InChI=1S/C15H20N2O4/c1-19-13-6-4-5-12-11(13)7-10(17-12)8-14(18)16-9-15(20-2)21-3/h4-7,15,17H,8-9H2,1-3H3,(H,16,18). The van der Waals surface area contributed by atoms with Gasteiger partial charge in [-0.05, 0) is 18.2 Å². The van der Waals surface area contributed by atoms with Crippen molar-refractivity contribution in [3.05, 3.63) is 30.0 Å². The van der Waals surface area contributed by atoms with Gasteiger partial charge in [0.1, 0.15) is 5.75 Å². The number of amides is 1. The summed E-state index contributed by atoms with van der Waals surface area (Å²) in [5, 5.41) is 3.73. The first-order chi connectivity index (χ1) is 10.2. The second kappa shape index (κ2) is 7.10. The number of carbonyl (C=O) groups excluding carboxylic acids is 1. The molecular formula is C15H20N2O4. The minimum atomic E-state index is -0.434. The van der Waals surface area contributed by atoms with Crippen molar-refractivity contribution in [3.63, 3.8) is 0 Å². The van der Waals surface area contributed by atoms with E-state index in [1.54, 1.807) is 7.11 Å². The Morgan fingerprint density at radius 3 is 2.71 bits per heavy atom. The average Bonchev–Trinajstić information content (AvgIpc) is 2.90. The molecule has 2 aromatic rings. The maximum atomic E-state index is 11.9. The summed E-state index contributed by atoms with van der Waals surface area (Å²) in [4.78, 5) is 15.1. The molecule has 0 fully saturated rings. The van der Waals surface area contributed by atoms with Gasteiger partial charge in [0.15, 0.2) is 6.29 Å². The minimum Gasteiger partial charge on any atom is -0.496 e. The van der Waals surface area contributed by atoms with Crippen molar-refractivity contribution in [1.82, 2.24) is 10.3 Å². The number of aromatic nitrogens is 1. The van der Waals surface area contributed by atoms with Crippen molar-refractivity contribution >= 4 is 16.8 Å². The van der Waals surface area contributed by atoms with E-state index in [9.17, 15) is 4.79 Å². The topological polar surface area (TPSA) is 72.6 Å². The number of hydrogen-bond acceptors (Lipinski definition) is 4. The Labute approximate surface area is 123 Å². The maximum absolute atomic E-state index is 11.9. The van der Waals surface area contributed by atoms with Crippen LogP contribution < -0.4 is 10.1 Å². The maximum Gasteiger partial charge on any atom is 0.226 e. The first-order valence-corrected chi connectivity index (χ1v) is 6.64. The van der Waals surface area contributed by atoms with Crippen molar-refractivity contribution in [2.75, 3.05) is 27.9 Å². The SMILES string of the molecule is COc1cccc2[nH]c(CC(=O)NCC(OC)OC)cc12. The van der Waals surface area contributed by atoms with E-state index in [2.05, 4.69) is 10.3 Å². The van der Waals surface area contributed by atoms with Crippen molar-refractivity contribution in [3.8, 4) is 5.75 Å². The zero-order valence-corrected chi connectivity index (χ0v) is 12.4. The molecule has 1 aromatic heterocycles. The highest BCUT2D eigenvalue weighted by Crippen LogP contribution is 2.26. The van der Waals surface area contributed by atoms with Gasteiger partial charge in [-0.15, -0.1) is 0 Å².